The standard InChI is InChI=1S/C8H13N3O2S2/c1-4-7-9-10-8(14-7)11-15(12,13)5-6(2)3/h2,4-5H2,1,3H3,(H,10,11). The summed E-state index contributed by atoms with van der Waals surface area (Å²) in [7, 11) is -3.37. The molecule has 7 heteroatoms. The fourth-order valence-electron chi connectivity index (χ4n) is 0.931. The van der Waals surface area contributed by atoms with Crippen molar-refractivity contribution in [1.82, 2.24) is 10.2 Å². The zero-order valence-electron chi connectivity index (χ0n) is 8.65. The van der Waals surface area contributed by atoms with Crippen molar-refractivity contribution in [1.29, 1.82) is 0 Å². The Labute approximate surface area is 93.3 Å². The third kappa shape index (κ3) is 3.96. The summed E-state index contributed by atoms with van der Waals surface area (Å²) >= 11 is 1.24. The summed E-state index contributed by atoms with van der Waals surface area (Å²) in [6, 6.07) is 0. The van der Waals surface area contributed by atoms with Gasteiger partial charge in [0.15, 0.2) is 0 Å². The quantitative estimate of drug-likeness (QED) is 0.799. The molecule has 0 aromatic carbocycles. The maximum Gasteiger partial charge on any atom is 0.238 e. The monoisotopic (exact) mass is 247 g/mol. The average Bonchev–Trinajstić information content (AvgIpc) is 2.48. The third-order valence-corrected chi connectivity index (χ3v) is 3.94. The molecule has 1 rings (SSSR count). The summed E-state index contributed by atoms with van der Waals surface area (Å²) in [5.41, 5.74) is 0.586. The number of nitrogens with zero attached hydrogens (tertiary/aromatic N) is 2. The molecule has 0 amide bonds. The maximum atomic E-state index is 11.5. The second kappa shape index (κ2) is 4.71. The molecule has 0 saturated heterocycles. The maximum absolute atomic E-state index is 11.5. The van der Waals surface area contributed by atoms with Gasteiger partial charge in [0.05, 0.1) is 5.75 Å². The Hall–Kier alpha value is -0.950. The number of aryl methyl sites for hydroxylation is 1. The topological polar surface area (TPSA) is 72.0 Å². The van der Waals surface area contributed by atoms with Gasteiger partial charge in [-0.2, -0.15) is 0 Å². The SMILES string of the molecule is C=C(C)CS(=O)(=O)Nc1nnc(CC)s1. The highest BCUT2D eigenvalue weighted by atomic mass is 32.2. The summed E-state index contributed by atoms with van der Waals surface area (Å²) in [5.74, 6) is -0.0892. The number of hydrogen-bond acceptors (Lipinski definition) is 5. The fraction of sp³-hybridized carbons (Fsp3) is 0.500. The van der Waals surface area contributed by atoms with Gasteiger partial charge in [-0.3, -0.25) is 4.72 Å². The van der Waals surface area contributed by atoms with Crippen LogP contribution >= 0.6 is 11.3 Å². The van der Waals surface area contributed by atoms with Crippen molar-refractivity contribution in [3.05, 3.63) is 17.2 Å². The molecule has 0 aliphatic rings. The molecule has 15 heavy (non-hydrogen) atoms. The van der Waals surface area contributed by atoms with Crippen LogP contribution in [0.5, 0.6) is 0 Å². The molecule has 0 atom stereocenters. The van der Waals surface area contributed by atoms with Crippen molar-refractivity contribution in [2.45, 2.75) is 20.3 Å². The van der Waals surface area contributed by atoms with Gasteiger partial charge in [0, 0.05) is 0 Å². The van der Waals surface area contributed by atoms with Crippen LogP contribution in [0, 0.1) is 0 Å². The van der Waals surface area contributed by atoms with Crippen molar-refractivity contribution >= 4 is 26.5 Å². The molecule has 1 N–H and O–H groups in total. The first-order valence-corrected chi connectivity index (χ1v) is 6.87. The minimum atomic E-state index is -3.37. The van der Waals surface area contributed by atoms with Gasteiger partial charge in [0.25, 0.3) is 0 Å². The van der Waals surface area contributed by atoms with Crippen LogP contribution in [0.1, 0.15) is 18.9 Å². The van der Waals surface area contributed by atoms with Crippen LogP contribution in [-0.2, 0) is 16.4 Å². The van der Waals surface area contributed by atoms with Gasteiger partial charge in [-0.15, -0.1) is 10.2 Å². The molecule has 0 saturated carbocycles. The Kier molecular flexibility index (Phi) is 3.81. The molecule has 0 radical (unpaired) electrons. The highest BCUT2D eigenvalue weighted by Crippen LogP contribution is 2.17. The summed E-state index contributed by atoms with van der Waals surface area (Å²) in [4.78, 5) is 0. The smallest absolute Gasteiger partial charge is 0.238 e. The largest absolute Gasteiger partial charge is 0.257 e. The fourth-order valence-corrected chi connectivity index (χ4v) is 3.04. The van der Waals surface area contributed by atoms with Crippen LogP contribution in [0.15, 0.2) is 12.2 Å². The van der Waals surface area contributed by atoms with Gasteiger partial charge in [0.2, 0.25) is 15.2 Å². The first-order chi connectivity index (χ1) is 6.93. The average molecular weight is 247 g/mol. The van der Waals surface area contributed by atoms with Crippen LogP contribution in [-0.4, -0.2) is 24.4 Å². The minimum Gasteiger partial charge on any atom is -0.257 e. The summed E-state index contributed by atoms with van der Waals surface area (Å²) in [5, 5.41) is 8.67. The minimum absolute atomic E-state index is 0.0892. The van der Waals surface area contributed by atoms with E-state index in [9.17, 15) is 8.42 Å². The molecular weight excluding hydrogens is 234 g/mol. The lowest BCUT2D eigenvalue weighted by Crippen LogP contribution is -2.16. The Morgan fingerprint density at radius 2 is 2.20 bits per heavy atom. The van der Waals surface area contributed by atoms with Crippen molar-refractivity contribution in [2.75, 3.05) is 10.5 Å². The number of aromatic nitrogens is 2. The number of rotatable bonds is 5. The first kappa shape index (κ1) is 12.1. The Morgan fingerprint density at radius 1 is 1.53 bits per heavy atom. The van der Waals surface area contributed by atoms with Crippen molar-refractivity contribution in [3.8, 4) is 0 Å². The van der Waals surface area contributed by atoms with E-state index in [1.54, 1.807) is 6.92 Å². The molecular formula is C8H13N3O2S2. The molecule has 0 aliphatic heterocycles. The summed E-state index contributed by atoms with van der Waals surface area (Å²) < 4.78 is 25.3. The Balaban J connectivity index is 2.73. The van der Waals surface area contributed by atoms with Crippen LogP contribution in [0.2, 0.25) is 0 Å². The van der Waals surface area contributed by atoms with E-state index in [0.29, 0.717) is 10.7 Å². The van der Waals surface area contributed by atoms with Gasteiger partial charge in [-0.1, -0.05) is 30.4 Å². The lowest BCUT2D eigenvalue weighted by atomic mass is 10.4. The molecule has 0 fully saturated rings. The summed E-state index contributed by atoms with van der Waals surface area (Å²) in [6.07, 6.45) is 0.750. The molecule has 0 unspecified atom stereocenters. The van der Waals surface area contributed by atoms with Crippen molar-refractivity contribution in [3.63, 3.8) is 0 Å². The van der Waals surface area contributed by atoms with E-state index in [1.165, 1.54) is 11.3 Å². The van der Waals surface area contributed by atoms with Gasteiger partial charge in [-0.05, 0) is 13.3 Å². The number of anilines is 1. The molecule has 84 valence electrons. The number of nitrogens with one attached hydrogen (secondary N) is 1. The Bertz CT molecular complexity index is 450. The zero-order valence-corrected chi connectivity index (χ0v) is 10.3. The van der Waals surface area contributed by atoms with Gasteiger partial charge in [0.1, 0.15) is 5.01 Å². The van der Waals surface area contributed by atoms with E-state index in [4.69, 9.17) is 0 Å². The van der Waals surface area contributed by atoms with E-state index in [1.807, 2.05) is 6.92 Å². The predicted molar refractivity (Wildman–Crippen MR) is 61.5 cm³/mol. The highest BCUT2D eigenvalue weighted by Gasteiger charge is 2.13. The van der Waals surface area contributed by atoms with Crippen molar-refractivity contribution < 1.29 is 8.42 Å². The third-order valence-electron chi connectivity index (χ3n) is 1.45. The molecule has 1 aromatic heterocycles. The Morgan fingerprint density at radius 3 is 2.67 bits per heavy atom. The molecule has 0 aliphatic carbocycles. The van der Waals surface area contributed by atoms with E-state index >= 15 is 0 Å². The molecule has 5 nitrogen and oxygen atoms in total. The summed E-state index contributed by atoms with van der Waals surface area (Å²) in [6.45, 7) is 7.15. The predicted octanol–water partition coefficient (Wildman–Crippen LogP) is 1.42. The second-order valence-corrected chi connectivity index (χ2v) is 5.96. The highest BCUT2D eigenvalue weighted by molar-refractivity contribution is 7.93. The van der Waals surface area contributed by atoms with E-state index in [0.717, 1.165) is 11.4 Å². The van der Waals surface area contributed by atoms with E-state index in [-0.39, 0.29) is 5.75 Å². The van der Waals surface area contributed by atoms with Gasteiger partial charge < -0.3 is 0 Å². The van der Waals surface area contributed by atoms with Gasteiger partial charge >= 0.3 is 0 Å². The zero-order chi connectivity index (χ0) is 11.5. The van der Waals surface area contributed by atoms with Gasteiger partial charge in [-0.25, -0.2) is 8.42 Å². The lowest BCUT2D eigenvalue weighted by molar-refractivity contribution is 0.603. The molecule has 0 spiro atoms. The van der Waals surface area contributed by atoms with Crippen molar-refractivity contribution in [2.24, 2.45) is 0 Å². The van der Waals surface area contributed by atoms with Crippen LogP contribution in [0.4, 0.5) is 5.13 Å². The molecule has 0 bridgehead atoms. The van der Waals surface area contributed by atoms with E-state index < -0.39 is 10.0 Å². The number of hydrogen-bond donors (Lipinski definition) is 1. The lowest BCUT2D eigenvalue weighted by Gasteiger charge is -2.02. The number of sulfonamides is 1. The second-order valence-electron chi connectivity index (χ2n) is 3.17. The normalized spacial score (nSPS) is 11.3. The first-order valence-electron chi connectivity index (χ1n) is 4.40. The molecule has 1 heterocycles. The van der Waals surface area contributed by atoms with Crippen LogP contribution < -0.4 is 4.72 Å². The molecule has 1 aromatic rings. The van der Waals surface area contributed by atoms with Crippen LogP contribution in [0.3, 0.4) is 0 Å². The van der Waals surface area contributed by atoms with E-state index in [2.05, 4.69) is 21.5 Å². The van der Waals surface area contributed by atoms with Crippen LogP contribution in [0.25, 0.3) is 0 Å².